The van der Waals surface area contributed by atoms with Gasteiger partial charge in [0.2, 0.25) is 0 Å². The molecule has 0 aromatic carbocycles. The molecule has 10 heavy (non-hydrogen) atoms. The van der Waals surface area contributed by atoms with E-state index in [1.807, 2.05) is 6.92 Å². The molecule has 0 aromatic rings. The molecule has 2 nitrogen and oxygen atoms in total. The standard InChI is InChI=1S/C7H11IO2/c1-4-5(2)7(9)10-6(4)3-8/h4-6H,3H2,1-2H3/t4-,5+,6+/m1/s1. The fourth-order valence-electron chi connectivity index (χ4n) is 1.07. The molecule has 1 aliphatic rings. The van der Waals surface area contributed by atoms with Crippen LogP contribution in [0.15, 0.2) is 0 Å². The summed E-state index contributed by atoms with van der Waals surface area (Å²) in [5, 5.41) is 0. The fraction of sp³-hybridized carbons (Fsp3) is 0.857. The van der Waals surface area contributed by atoms with E-state index in [2.05, 4.69) is 29.5 Å². The highest BCUT2D eigenvalue weighted by Crippen LogP contribution is 2.28. The highest BCUT2D eigenvalue weighted by Gasteiger charge is 2.37. The van der Waals surface area contributed by atoms with Gasteiger partial charge in [0, 0.05) is 10.3 Å². The molecule has 0 radical (unpaired) electrons. The van der Waals surface area contributed by atoms with Crippen molar-refractivity contribution >= 4 is 28.6 Å². The van der Waals surface area contributed by atoms with Crippen molar-refractivity contribution in [1.29, 1.82) is 0 Å². The minimum atomic E-state index is -0.0332. The first-order valence-electron chi connectivity index (χ1n) is 3.43. The van der Waals surface area contributed by atoms with Crippen LogP contribution in [0.3, 0.4) is 0 Å². The molecule has 58 valence electrons. The Hall–Kier alpha value is 0.200. The maximum Gasteiger partial charge on any atom is 0.309 e. The van der Waals surface area contributed by atoms with E-state index in [1.165, 1.54) is 0 Å². The van der Waals surface area contributed by atoms with E-state index in [4.69, 9.17) is 4.74 Å². The van der Waals surface area contributed by atoms with E-state index < -0.39 is 0 Å². The van der Waals surface area contributed by atoms with Crippen molar-refractivity contribution in [3.63, 3.8) is 0 Å². The summed E-state index contributed by atoms with van der Waals surface area (Å²) in [6, 6.07) is 0. The zero-order valence-electron chi connectivity index (χ0n) is 6.13. The number of carbonyl (C=O) groups excluding carboxylic acids is 1. The van der Waals surface area contributed by atoms with Gasteiger partial charge in [-0.05, 0) is 0 Å². The van der Waals surface area contributed by atoms with Crippen molar-refractivity contribution in [2.24, 2.45) is 11.8 Å². The van der Waals surface area contributed by atoms with Gasteiger partial charge in [-0.1, -0.05) is 36.4 Å². The monoisotopic (exact) mass is 254 g/mol. The summed E-state index contributed by atoms with van der Waals surface area (Å²) in [6.45, 7) is 4.00. The minimum Gasteiger partial charge on any atom is -0.461 e. The molecule has 0 aromatic heterocycles. The van der Waals surface area contributed by atoms with Crippen LogP contribution in [-0.2, 0) is 9.53 Å². The quantitative estimate of drug-likeness (QED) is 0.404. The molecular weight excluding hydrogens is 243 g/mol. The lowest BCUT2D eigenvalue weighted by Crippen LogP contribution is -2.16. The number of hydrogen-bond acceptors (Lipinski definition) is 2. The van der Waals surface area contributed by atoms with Crippen LogP contribution in [0.25, 0.3) is 0 Å². The molecule has 0 spiro atoms. The Morgan fingerprint density at radius 3 is 2.40 bits per heavy atom. The molecule has 0 unspecified atom stereocenters. The highest BCUT2D eigenvalue weighted by molar-refractivity contribution is 14.1. The van der Waals surface area contributed by atoms with Gasteiger partial charge in [-0.15, -0.1) is 0 Å². The summed E-state index contributed by atoms with van der Waals surface area (Å²) in [5.41, 5.74) is 0. The molecule has 0 bridgehead atoms. The van der Waals surface area contributed by atoms with Crippen molar-refractivity contribution in [2.45, 2.75) is 20.0 Å². The average Bonchev–Trinajstić information content (AvgIpc) is 2.17. The number of rotatable bonds is 1. The molecule has 1 saturated heterocycles. The van der Waals surface area contributed by atoms with Gasteiger partial charge in [0.25, 0.3) is 0 Å². The number of ether oxygens (including phenoxy) is 1. The smallest absolute Gasteiger partial charge is 0.309 e. The molecule has 0 N–H and O–H groups in total. The number of esters is 1. The third kappa shape index (κ3) is 1.28. The first kappa shape index (κ1) is 8.30. The second kappa shape index (κ2) is 3.07. The maximum absolute atomic E-state index is 10.9. The van der Waals surface area contributed by atoms with E-state index >= 15 is 0 Å². The van der Waals surface area contributed by atoms with Gasteiger partial charge < -0.3 is 4.74 Å². The molecule has 3 atom stereocenters. The lowest BCUT2D eigenvalue weighted by atomic mass is 9.95. The predicted molar refractivity (Wildman–Crippen MR) is 47.1 cm³/mol. The van der Waals surface area contributed by atoms with E-state index in [0.29, 0.717) is 5.92 Å². The Kier molecular flexibility index (Phi) is 2.55. The molecular formula is C7H11IO2. The van der Waals surface area contributed by atoms with Gasteiger partial charge in [0.05, 0.1) is 5.92 Å². The van der Waals surface area contributed by atoms with E-state index in [0.717, 1.165) is 4.43 Å². The minimum absolute atomic E-state index is 0.0332. The highest BCUT2D eigenvalue weighted by atomic mass is 127. The molecule has 1 rings (SSSR count). The van der Waals surface area contributed by atoms with Gasteiger partial charge in [0.1, 0.15) is 6.10 Å². The third-order valence-corrected chi connectivity index (χ3v) is 3.03. The summed E-state index contributed by atoms with van der Waals surface area (Å²) in [7, 11) is 0. The summed E-state index contributed by atoms with van der Waals surface area (Å²) < 4.78 is 6.00. The lowest BCUT2D eigenvalue weighted by Gasteiger charge is -2.10. The molecule has 3 heteroatoms. The number of alkyl halides is 1. The fourth-order valence-corrected chi connectivity index (χ4v) is 2.05. The number of carbonyl (C=O) groups is 1. The van der Waals surface area contributed by atoms with Crippen LogP contribution in [-0.4, -0.2) is 16.5 Å². The molecule has 1 heterocycles. The van der Waals surface area contributed by atoms with E-state index in [-0.39, 0.29) is 18.0 Å². The second-order valence-corrected chi connectivity index (χ2v) is 3.66. The van der Waals surface area contributed by atoms with Gasteiger partial charge in [-0.25, -0.2) is 0 Å². The third-order valence-electron chi connectivity index (χ3n) is 2.17. The Balaban J connectivity index is 2.61. The van der Waals surface area contributed by atoms with Crippen LogP contribution >= 0.6 is 22.6 Å². The number of hydrogen-bond donors (Lipinski definition) is 0. The molecule has 0 aliphatic carbocycles. The Bertz CT molecular complexity index is 147. The van der Waals surface area contributed by atoms with Crippen LogP contribution in [0.4, 0.5) is 0 Å². The van der Waals surface area contributed by atoms with Crippen molar-refractivity contribution < 1.29 is 9.53 Å². The largest absolute Gasteiger partial charge is 0.461 e. The Morgan fingerprint density at radius 1 is 1.60 bits per heavy atom. The van der Waals surface area contributed by atoms with Crippen LogP contribution in [0.1, 0.15) is 13.8 Å². The van der Waals surface area contributed by atoms with Crippen LogP contribution < -0.4 is 0 Å². The summed E-state index contributed by atoms with van der Waals surface area (Å²) >= 11 is 2.25. The summed E-state index contributed by atoms with van der Waals surface area (Å²) in [5.74, 6) is 0.457. The average molecular weight is 254 g/mol. The predicted octanol–water partition coefficient (Wildman–Crippen LogP) is 1.62. The topological polar surface area (TPSA) is 26.3 Å². The van der Waals surface area contributed by atoms with Gasteiger partial charge in [0.15, 0.2) is 0 Å². The van der Waals surface area contributed by atoms with Gasteiger partial charge in [-0.2, -0.15) is 0 Å². The molecule has 0 amide bonds. The first-order chi connectivity index (χ1) is 4.66. The van der Waals surface area contributed by atoms with Crippen molar-refractivity contribution in [3.05, 3.63) is 0 Å². The molecule has 1 fully saturated rings. The summed E-state index contributed by atoms with van der Waals surface area (Å²) in [6.07, 6.45) is 0.156. The van der Waals surface area contributed by atoms with Crippen LogP contribution in [0.5, 0.6) is 0 Å². The number of halogens is 1. The second-order valence-electron chi connectivity index (χ2n) is 2.78. The zero-order chi connectivity index (χ0) is 7.72. The van der Waals surface area contributed by atoms with Crippen LogP contribution in [0, 0.1) is 11.8 Å². The molecule has 0 saturated carbocycles. The summed E-state index contributed by atoms with van der Waals surface area (Å²) in [4.78, 5) is 10.9. The number of cyclic esters (lactones) is 1. The van der Waals surface area contributed by atoms with E-state index in [9.17, 15) is 4.79 Å². The zero-order valence-corrected chi connectivity index (χ0v) is 8.29. The van der Waals surface area contributed by atoms with Gasteiger partial charge >= 0.3 is 5.97 Å². The lowest BCUT2D eigenvalue weighted by molar-refractivity contribution is -0.143. The van der Waals surface area contributed by atoms with Crippen molar-refractivity contribution in [2.75, 3.05) is 4.43 Å². The first-order valence-corrected chi connectivity index (χ1v) is 4.96. The Labute approximate surface area is 74.5 Å². The normalized spacial score (nSPS) is 39.9. The Morgan fingerprint density at radius 2 is 2.20 bits per heavy atom. The van der Waals surface area contributed by atoms with Gasteiger partial charge in [-0.3, -0.25) is 4.79 Å². The van der Waals surface area contributed by atoms with Crippen LogP contribution in [0.2, 0.25) is 0 Å². The van der Waals surface area contributed by atoms with E-state index in [1.54, 1.807) is 0 Å². The van der Waals surface area contributed by atoms with Crippen molar-refractivity contribution in [1.82, 2.24) is 0 Å². The van der Waals surface area contributed by atoms with Crippen molar-refractivity contribution in [3.8, 4) is 0 Å². The maximum atomic E-state index is 10.9. The SMILES string of the molecule is C[C@H]1[C@H](CI)OC(=O)[C@H]1C. The molecule has 1 aliphatic heterocycles.